The van der Waals surface area contributed by atoms with E-state index >= 15 is 0 Å². The summed E-state index contributed by atoms with van der Waals surface area (Å²) in [7, 11) is 1.59. The molecule has 0 radical (unpaired) electrons. The van der Waals surface area contributed by atoms with Crippen molar-refractivity contribution in [1.29, 1.82) is 0 Å². The number of ketones is 1. The number of hydrogen-bond donors (Lipinski definition) is 0. The quantitative estimate of drug-likeness (QED) is 0.605. The Morgan fingerprint density at radius 2 is 2.05 bits per heavy atom. The number of methoxy groups -OCH3 is 1. The number of rotatable bonds is 6. The van der Waals surface area contributed by atoms with Crippen LogP contribution >= 0.6 is 0 Å². The molecule has 0 fully saturated rings. The van der Waals surface area contributed by atoms with E-state index < -0.39 is 5.97 Å². The summed E-state index contributed by atoms with van der Waals surface area (Å²) >= 11 is 0. The molecule has 2 aromatic rings. The minimum atomic E-state index is -0.533. The molecule has 0 amide bonds. The second-order valence-corrected chi connectivity index (χ2v) is 4.70. The monoisotopic (exact) mass is 302 g/mol. The van der Waals surface area contributed by atoms with E-state index in [9.17, 15) is 9.59 Å². The van der Waals surface area contributed by atoms with Crippen molar-refractivity contribution in [2.24, 2.45) is 0 Å². The van der Waals surface area contributed by atoms with E-state index in [1.54, 1.807) is 14.0 Å². The predicted molar refractivity (Wildman–Crippen MR) is 80.3 cm³/mol. The molecule has 0 aliphatic heterocycles. The van der Waals surface area contributed by atoms with Gasteiger partial charge in [0.15, 0.2) is 11.5 Å². The molecular weight excluding hydrogens is 284 g/mol. The van der Waals surface area contributed by atoms with Crippen LogP contribution in [-0.2, 0) is 11.3 Å². The first-order valence-corrected chi connectivity index (χ1v) is 6.94. The minimum Gasteiger partial charge on any atom is -0.497 e. The maximum absolute atomic E-state index is 11.8. The first-order chi connectivity index (χ1) is 10.5. The van der Waals surface area contributed by atoms with Gasteiger partial charge in [0, 0.05) is 13.0 Å². The zero-order chi connectivity index (χ0) is 16.1. The molecule has 2 rings (SSSR count). The fourth-order valence-electron chi connectivity index (χ4n) is 2.07. The Kier molecular flexibility index (Phi) is 4.93. The molecule has 0 saturated carbocycles. The molecule has 0 N–H and O–H groups in total. The Bertz CT molecular complexity index is 691. The molecule has 1 aromatic carbocycles. The fourth-order valence-corrected chi connectivity index (χ4v) is 2.07. The van der Waals surface area contributed by atoms with E-state index in [-0.39, 0.29) is 18.1 Å². The van der Waals surface area contributed by atoms with E-state index in [4.69, 9.17) is 9.47 Å². The summed E-state index contributed by atoms with van der Waals surface area (Å²) in [6, 6.07) is 8.91. The molecule has 0 aliphatic carbocycles. The lowest BCUT2D eigenvalue weighted by Crippen LogP contribution is -2.10. The Morgan fingerprint density at radius 3 is 2.68 bits per heavy atom. The molecule has 6 nitrogen and oxygen atoms in total. The molecule has 0 atom stereocenters. The summed E-state index contributed by atoms with van der Waals surface area (Å²) in [5.41, 5.74) is 1.42. The third-order valence-electron chi connectivity index (χ3n) is 3.09. The van der Waals surface area contributed by atoms with Crippen molar-refractivity contribution in [1.82, 2.24) is 9.78 Å². The highest BCUT2D eigenvalue weighted by Crippen LogP contribution is 2.15. The van der Waals surface area contributed by atoms with Crippen LogP contribution in [0.15, 0.2) is 30.3 Å². The lowest BCUT2D eigenvalue weighted by molar-refractivity contribution is 0.0518. The number of benzene rings is 1. The average Bonchev–Trinajstić information content (AvgIpc) is 2.92. The highest BCUT2D eigenvalue weighted by Gasteiger charge is 2.18. The van der Waals surface area contributed by atoms with Gasteiger partial charge >= 0.3 is 5.97 Å². The van der Waals surface area contributed by atoms with Crippen LogP contribution in [0.3, 0.4) is 0 Å². The summed E-state index contributed by atoms with van der Waals surface area (Å²) in [4.78, 5) is 23.5. The lowest BCUT2D eigenvalue weighted by Gasteiger charge is -2.07. The smallest absolute Gasteiger partial charge is 0.358 e. The van der Waals surface area contributed by atoms with Crippen molar-refractivity contribution in [3.8, 4) is 5.75 Å². The Hall–Kier alpha value is -2.63. The van der Waals surface area contributed by atoms with Crippen LogP contribution in [0.25, 0.3) is 0 Å². The molecule has 0 bridgehead atoms. The van der Waals surface area contributed by atoms with Gasteiger partial charge in [-0.3, -0.25) is 9.48 Å². The van der Waals surface area contributed by atoms with Crippen LogP contribution in [0.2, 0.25) is 0 Å². The van der Waals surface area contributed by atoms with Crippen LogP contribution in [0, 0.1) is 0 Å². The second kappa shape index (κ2) is 6.89. The number of Topliss-reactive ketones (excluding diaryl/α,β-unsaturated/α-hetero) is 1. The van der Waals surface area contributed by atoms with Crippen molar-refractivity contribution < 1.29 is 19.1 Å². The largest absolute Gasteiger partial charge is 0.497 e. The standard InChI is InChI=1S/C16H18N2O4/c1-4-22-16(20)14-9-15(11(2)19)18(17-14)10-12-6-5-7-13(8-12)21-3/h5-9H,4,10H2,1-3H3. The molecule has 0 saturated heterocycles. The van der Waals surface area contributed by atoms with Gasteiger partial charge in [-0.1, -0.05) is 12.1 Å². The van der Waals surface area contributed by atoms with E-state index in [0.29, 0.717) is 12.2 Å². The number of nitrogens with zero attached hydrogens (tertiary/aromatic N) is 2. The first-order valence-electron chi connectivity index (χ1n) is 6.94. The third kappa shape index (κ3) is 3.52. The maximum Gasteiger partial charge on any atom is 0.358 e. The Labute approximate surface area is 128 Å². The van der Waals surface area contributed by atoms with Crippen LogP contribution in [-0.4, -0.2) is 35.2 Å². The number of carbonyl (C=O) groups excluding carboxylic acids is 2. The van der Waals surface area contributed by atoms with E-state index in [1.165, 1.54) is 17.7 Å². The van der Waals surface area contributed by atoms with Gasteiger partial charge in [-0.15, -0.1) is 0 Å². The molecular formula is C16H18N2O4. The summed E-state index contributed by atoms with van der Waals surface area (Å²) in [5, 5.41) is 4.18. The number of carbonyl (C=O) groups is 2. The van der Waals surface area contributed by atoms with Gasteiger partial charge in [0.25, 0.3) is 0 Å². The summed E-state index contributed by atoms with van der Waals surface area (Å²) < 4.78 is 11.6. The van der Waals surface area contributed by atoms with Gasteiger partial charge < -0.3 is 9.47 Å². The Balaban J connectivity index is 2.32. The van der Waals surface area contributed by atoms with Crippen molar-refractivity contribution in [3.05, 3.63) is 47.3 Å². The molecule has 0 spiro atoms. The maximum atomic E-state index is 11.8. The minimum absolute atomic E-state index is 0.134. The van der Waals surface area contributed by atoms with Gasteiger partial charge in [-0.05, 0) is 24.6 Å². The predicted octanol–water partition coefficient (Wildman–Crippen LogP) is 2.32. The van der Waals surface area contributed by atoms with Gasteiger partial charge in [-0.25, -0.2) is 4.79 Å². The average molecular weight is 302 g/mol. The molecule has 1 aromatic heterocycles. The summed E-state index contributed by atoms with van der Waals surface area (Å²) in [6.45, 7) is 3.79. The SMILES string of the molecule is CCOC(=O)c1cc(C(C)=O)n(Cc2cccc(OC)c2)n1. The molecule has 0 aliphatic rings. The molecule has 0 unspecified atom stereocenters. The Morgan fingerprint density at radius 1 is 1.27 bits per heavy atom. The van der Waals surface area contributed by atoms with E-state index in [1.807, 2.05) is 24.3 Å². The highest BCUT2D eigenvalue weighted by molar-refractivity contribution is 5.96. The number of ether oxygens (including phenoxy) is 2. The molecule has 6 heteroatoms. The van der Waals surface area contributed by atoms with Crippen LogP contribution < -0.4 is 4.74 Å². The number of hydrogen-bond acceptors (Lipinski definition) is 5. The third-order valence-corrected chi connectivity index (χ3v) is 3.09. The zero-order valence-electron chi connectivity index (χ0n) is 12.8. The first kappa shape index (κ1) is 15.8. The second-order valence-electron chi connectivity index (χ2n) is 4.70. The van der Waals surface area contributed by atoms with E-state index in [0.717, 1.165) is 11.3 Å². The fraction of sp³-hybridized carbons (Fsp3) is 0.312. The lowest BCUT2D eigenvalue weighted by atomic mass is 10.2. The van der Waals surface area contributed by atoms with Gasteiger partial charge in [0.05, 0.1) is 20.3 Å². The van der Waals surface area contributed by atoms with Gasteiger partial charge in [-0.2, -0.15) is 5.10 Å². The van der Waals surface area contributed by atoms with Crippen LogP contribution in [0.1, 0.15) is 40.4 Å². The van der Waals surface area contributed by atoms with Crippen LogP contribution in [0.4, 0.5) is 0 Å². The highest BCUT2D eigenvalue weighted by atomic mass is 16.5. The van der Waals surface area contributed by atoms with E-state index in [2.05, 4.69) is 5.10 Å². The molecule has 1 heterocycles. The van der Waals surface area contributed by atoms with Gasteiger partial charge in [0.2, 0.25) is 0 Å². The van der Waals surface area contributed by atoms with Crippen LogP contribution in [0.5, 0.6) is 5.75 Å². The normalized spacial score (nSPS) is 10.3. The molecule has 116 valence electrons. The zero-order valence-corrected chi connectivity index (χ0v) is 12.8. The topological polar surface area (TPSA) is 70.4 Å². The number of aromatic nitrogens is 2. The molecule has 22 heavy (non-hydrogen) atoms. The number of esters is 1. The van der Waals surface area contributed by atoms with Crippen molar-refractivity contribution in [2.45, 2.75) is 20.4 Å². The van der Waals surface area contributed by atoms with Crippen molar-refractivity contribution in [2.75, 3.05) is 13.7 Å². The van der Waals surface area contributed by atoms with Gasteiger partial charge in [0.1, 0.15) is 11.4 Å². The van der Waals surface area contributed by atoms with Crippen molar-refractivity contribution >= 4 is 11.8 Å². The van der Waals surface area contributed by atoms with Crippen molar-refractivity contribution in [3.63, 3.8) is 0 Å². The summed E-state index contributed by atoms with van der Waals surface area (Å²) in [5.74, 6) is 0.0278. The summed E-state index contributed by atoms with van der Waals surface area (Å²) in [6.07, 6.45) is 0.